The Hall–Kier alpha value is -0.680. The first-order valence-electron chi connectivity index (χ1n) is 5.65. The Balaban J connectivity index is 1.77. The minimum Gasteiger partial charge on any atom is -0.489 e. The lowest BCUT2D eigenvalue weighted by atomic mass is 10.3. The van der Waals surface area contributed by atoms with E-state index >= 15 is 0 Å². The highest BCUT2D eigenvalue weighted by Crippen LogP contribution is 2.27. The van der Waals surface area contributed by atoms with Gasteiger partial charge < -0.3 is 10.1 Å². The molecule has 1 aliphatic carbocycles. The van der Waals surface area contributed by atoms with Crippen LogP contribution in [-0.4, -0.2) is 19.7 Å². The lowest BCUT2D eigenvalue weighted by Gasteiger charge is -2.09. The van der Waals surface area contributed by atoms with Crippen LogP contribution < -0.4 is 10.1 Å². The average Bonchev–Trinajstić information content (AvgIpc) is 3.08. The van der Waals surface area contributed by atoms with Crippen LogP contribution >= 0.6 is 15.9 Å². The second-order valence-electron chi connectivity index (χ2n) is 4.20. The van der Waals surface area contributed by atoms with E-state index in [-0.39, 0.29) is 5.75 Å². The number of hydrogen-bond donors (Lipinski definition) is 1. The minimum absolute atomic E-state index is 0.0508. The molecule has 5 heteroatoms. The van der Waals surface area contributed by atoms with Gasteiger partial charge in [-0.2, -0.15) is 4.39 Å². The van der Waals surface area contributed by atoms with E-state index in [2.05, 4.69) is 21.2 Å². The first-order chi connectivity index (χ1) is 8.16. The highest BCUT2D eigenvalue weighted by Gasteiger charge is 2.20. The van der Waals surface area contributed by atoms with E-state index in [1.165, 1.54) is 18.9 Å². The SMILES string of the molecule is Fc1cc(Br)cc(OCCNCC2CC2)c1F. The molecule has 0 bridgehead atoms. The molecule has 0 amide bonds. The normalized spacial score (nSPS) is 15.0. The van der Waals surface area contributed by atoms with Crippen molar-refractivity contribution in [2.75, 3.05) is 19.7 Å². The fourth-order valence-corrected chi connectivity index (χ4v) is 1.91. The first-order valence-corrected chi connectivity index (χ1v) is 6.44. The Kier molecular flexibility index (Phi) is 4.34. The summed E-state index contributed by atoms with van der Waals surface area (Å²) in [5.74, 6) is -1.09. The quantitative estimate of drug-likeness (QED) is 0.644. The van der Waals surface area contributed by atoms with Gasteiger partial charge >= 0.3 is 0 Å². The van der Waals surface area contributed by atoms with Crippen molar-refractivity contribution in [1.29, 1.82) is 0 Å². The summed E-state index contributed by atoms with van der Waals surface area (Å²) in [4.78, 5) is 0. The Bertz CT molecular complexity index is 396. The Morgan fingerprint density at radius 3 is 2.82 bits per heavy atom. The molecule has 1 aromatic carbocycles. The van der Waals surface area contributed by atoms with Crippen LogP contribution in [0.1, 0.15) is 12.8 Å². The molecule has 0 spiro atoms. The van der Waals surface area contributed by atoms with Crippen molar-refractivity contribution in [2.45, 2.75) is 12.8 Å². The zero-order chi connectivity index (χ0) is 12.3. The van der Waals surface area contributed by atoms with Crippen LogP contribution in [0.5, 0.6) is 5.75 Å². The molecule has 0 radical (unpaired) electrons. The molecule has 2 rings (SSSR count). The van der Waals surface area contributed by atoms with Crippen molar-refractivity contribution < 1.29 is 13.5 Å². The van der Waals surface area contributed by atoms with Crippen molar-refractivity contribution in [3.8, 4) is 5.75 Å². The van der Waals surface area contributed by atoms with Crippen LogP contribution in [0, 0.1) is 17.6 Å². The molecule has 0 unspecified atom stereocenters. The molecule has 0 saturated heterocycles. The lowest BCUT2D eigenvalue weighted by Crippen LogP contribution is -2.23. The third kappa shape index (κ3) is 3.92. The second kappa shape index (κ2) is 5.78. The topological polar surface area (TPSA) is 21.3 Å². The largest absolute Gasteiger partial charge is 0.489 e. The van der Waals surface area contributed by atoms with Gasteiger partial charge in [0.15, 0.2) is 11.6 Å². The highest BCUT2D eigenvalue weighted by molar-refractivity contribution is 9.10. The first kappa shape index (κ1) is 12.8. The molecular formula is C12H14BrF2NO. The van der Waals surface area contributed by atoms with Gasteiger partial charge in [0.1, 0.15) is 6.61 Å². The molecule has 1 aromatic rings. The predicted molar refractivity (Wildman–Crippen MR) is 65.1 cm³/mol. The van der Waals surface area contributed by atoms with Gasteiger partial charge in [0.25, 0.3) is 0 Å². The molecule has 0 atom stereocenters. The average molecular weight is 306 g/mol. The van der Waals surface area contributed by atoms with Crippen molar-refractivity contribution in [3.05, 3.63) is 28.2 Å². The van der Waals surface area contributed by atoms with Crippen LogP contribution in [-0.2, 0) is 0 Å². The monoisotopic (exact) mass is 305 g/mol. The van der Waals surface area contributed by atoms with E-state index in [9.17, 15) is 8.78 Å². The van der Waals surface area contributed by atoms with E-state index in [1.807, 2.05) is 0 Å². The Morgan fingerprint density at radius 1 is 1.35 bits per heavy atom. The van der Waals surface area contributed by atoms with Crippen LogP contribution in [0.15, 0.2) is 16.6 Å². The summed E-state index contributed by atoms with van der Waals surface area (Å²) in [5.41, 5.74) is 0. The molecule has 94 valence electrons. The van der Waals surface area contributed by atoms with Crippen molar-refractivity contribution >= 4 is 15.9 Å². The van der Waals surface area contributed by atoms with Gasteiger partial charge in [-0.3, -0.25) is 0 Å². The Labute approximate surface area is 107 Å². The van der Waals surface area contributed by atoms with Gasteiger partial charge in [-0.05, 0) is 37.4 Å². The van der Waals surface area contributed by atoms with Crippen molar-refractivity contribution in [3.63, 3.8) is 0 Å². The molecule has 1 N–H and O–H groups in total. The number of ether oxygens (including phenoxy) is 1. The molecule has 0 aromatic heterocycles. The van der Waals surface area contributed by atoms with E-state index in [0.717, 1.165) is 18.5 Å². The predicted octanol–water partition coefficient (Wildman–Crippen LogP) is 3.11. The highest BCUT2D eigenvalue weighted by atomic mass is 79.9. The Morgan fingerprint density at radius 2 is 2.12 bits per heavy atom. The van der Waals surface area contributed by atoms with E-state index in [1.54, 1.807) is 0 Å². The molecular weight excluding hydrogens is 292 g/mol. The second-order valence-corrected chi connectivity index (χ2v) is 5.11. The molecule has 0 aliphatic heterocycles. The molecule has 1 saturated carbocycles. The smallest absolute Gasteiger partial charge is 0.200 e. The number of nitrogens with one attached hydrogen (secondary N) is 1. The number of benzene rings is 1. The van der Waals surface area contributed by atoms with Crippen molar-refractivity contribution in [2.24, 2.45) is 5.92 Å². The number of hydrogen-bond acceptors (Lipinski definition) is 2. The zero-order valence-electron chi connectivity index (χ0n) is 9.31. The molecule has 0 heterocycles. The van der Waals surface area contributed by atoms with Gasteiger partial charge in [0.05, 0.1) is 0 Å². The molecule has 1 aliphatic rings. The van der Waals surface area contributed by atoms with E-state index in [0.29, 0.717) is 17.6 Å². The maximum atomic E-state index is 13.3. The van der Waals surface area contributed by atoms with Crippen molar-refractivity contribution in [1.82, 2.24) is 5.32 Å². The fraction of sp³-hybridized carbons (Fsp3) is 0.500. The van der Waals surface area contributed by atoms with E-state index in [4.69, 9.17) is 4.74 Å². The third-order valence-electron chi connectivity index (χ3n) is 2.63. The van der Waals surface area contributed by atoms with Gasteiger partial charge in [-0.1, -0.05) is 15.9 Å². The molecule has 1 fully saturated rings. The van der Waals surface area contributed by atoms with Crippen LogP contribution in [0.2, 0.25) is 0 Å². The van der Waals surface area contributed by atoms with E-state index < -0.39 is 11.6 Å². The van der Waals surface area contributed by atoms with Crippen LogP contribution in [0.25, 0.3) is 0 Å². The molecule has 2 nitrogen and oxygen atoms in total. The summed E-state index contributed by atoms with van der Waals surface area (Å²) in [5, 5.41) is 3.21. The standard InChI is InChI=1S/C12H14BrF2NO/c13-9-5-10(14)12(15)11(6-9)17-4-3-16-7-8-1-2-8/h5-6,8,16H,1-4,7H2. The minimum atomic E-state index is -0.935. The third-order valence-corrected chi connectivity index (χ3v) is 3.08. The lowest BCUT2D eigenvalue weighted by molar-refractivity contribution is 0.292. The van der Waals surface area contributed by atoms with Crippen LogP contribution in [0.3, 0.4) is 0 Å². The maximum Gasteiger partial charge on any atom is 0.200 e. The summed E-state index contributed by atoms with van der Waals surface area (Å²) in [6, 6.07) is 2.51. The summed E-state index contributed by atoms with van der Waals surface area (Å²) in [7, 11) is 0. The molecule has 17 heavy (non-hydrogen) atoms. The summed E-state index contributed by atoms with van der Waals surface area (Å²) in [6.07, 6.45) is 2.58. The van der Waals surface area contributed by atoms with Gasteiger partial charge in [-0.25, -0.2) is 4.39 Å². The summed E-state index contributed by atoms with van der Waals surface area (Å²) in [6.45, 7) is 1.96. The summed E-state index contributed by atoms with van der Waals surface area (Å²) < 4.78 is 32.0. The number of halogens is 3. The van der Waals surface area contributed by atoms with Crippen LogP contribution in [0.4, 0.5) is 8.78 Å². The van der Waals surface area contributed by atoms with Gasteiger partial charge in [-0.15, -0.1) is 0 Å². The zero-order valence-corrected chi connectivity index (χ0v) is 10.9. The maximum absolute atomic E-state index is 13.3. The summed E-state index contributed by atoms with van der Waals surface area (Å²) >= 11 is 3.09. The fourth-order valence-electron chi connectivity index (χ4n) is 1.50. The van der Waals surface area contributed by atoms with Gasteiger partial charge in [0, 0.05) is 11.0 Å². The van der Waals surface area contributed by atoms with Gasteiger partial charge in [0.2, 0.25) is 5.82 Å². The number of rotatable bonds is 6.